The summed E-state index contributed by atoms with van der Waals surface area (Å²) in [6, 6.07) is 20.4. The highest BCUT2D eigenvalue weighted by Gasteiger charge is 2.28. The van der Waals surface area contributed by atoms with E-state index in [0.717, 1.165) is 42.3 Å². The van der Waals surface area contributed by atoms with Crippen LogP contribution in [0.4, 0.5) is 5.13 Å². The molecule has 3 aromatic rings. The molecule has 2 aromatic carbocycles. The predicted octanol–water partition coefficient (Wildman–Crippen LogP) is 4.22. The monoisotopic (exact) mass is 406 g/mol. The van der Waals surface area contributed by atoms with E-state index in [-0.39, 0.29) is 17.9 Å². The maximum atomic E-state index is 12.8. The minimum Gasteiger partial charge on any atom is -0.349 e. The molecule has 0 radical (unpaired) electrons. The Morgan fingerprint density at radius 2 is 1.90 bits per heavy atom. The second-order valence-electron chi connectivity index (χ2n) is 7.58. The molecule has 2 atom stereocenters. The van der Waals surface area contributed by atoms with Gasteiger partial charge in [-0.1, -0.05) is 60.7 Å². The van der Waals surface area contributed by atoms with E-state index in [1.807, 2.05) is 55.5 Å². The van der Waals surface area contributed by atoms with Crippen molar-refractivity contribution in [3.63, 3.8) is 0 Å². The summed E-state index contributed by atoms with van der Waals surface area (Å²) in [5.41, 5.74) is 2.34. The minimum atomic E-state index is -0.0172. The average molecular weight is 407 g/mol. The smallest absolute Gasteiger partial charge is 0.225 e. The average Bonchev–Trinajstić information content (AvgIpc) is 3.23. The van der Waals surface area contributed by atoms with Gasteiger partial charge in [-0.25, -0.2) is 4.98 Å². The molecule has 0 saturated carbocycles. The van der Waals surface area contributed by atoms with Gasteiger partial charge in [-0.15, -0.1) is 0 Å². The zero-order valence-electron chi connectivity index (χ0n) is 16.6. The van der Waals surface area contributed by atoms with Gasteiger partial charge in [0.15, 0.2) is 0 Å². The number of nitrogens with one attached hydrogen (secondary N) is 1. The molecule has 2 unspecified atom stereocenters. The SMILES string of the molecule is CC(NC(=O)C1CCCN(c2nc(Cc3ccccc3)ns2)C1)c1ccccc1. The fourth-order valence-corrected chi connectivity index (χ4v) is 4.46. The third-order valence-electron chi connectivity index (χ3n) is 5.38. The summed E-state index contributed by atoms with van der Waals surface area (Å²) < 4.78 is 4.53. The van der Waals surface area contributed by atoms with Crippen LogP contribution in [-0.2, 0) is 11.2 Å². The first kappa shape index (κ1) is 19.6. The maximum Gasteiger partial charge on any atom is 0.225 e. The summed E-state index contributed by atoms with van der Waals surface area (Å²) >= 11 is 1.43. The van der Waals surface area contributed by atoms with Crippen molar-refractivity contribution in [2.75, 3.05) is 18.0 Å². The fraction of sp³-hybridized carbons (Fsp3) is 0.348. The molecule has 1 aliphatic rings. The number of amides is 1. The number of aromatic nitrogens is 2. The molecule has 1 fully saturated rings. The molecule has 5 nitrogen and oxygen atoms in total. The molecule has 150 valence electrons. The van der Waals surface area contributed by atoms with E-state index in [9.17, 15) is 4.79 Å². The number of carbonyl (C=O) groups is 1. The Morgan fingerprint density at radius 1 is 1.17 bits per heavy atom. The number of piperidine rings is 1. The summed E-state index contributed by atoms with van der Waals surface area (Å²) in [7, 11) is 0. The lowest BCUT2D eigenvalue weighted by molar-refractivity contribution is -0.125. The molecule has 0 bridgehead atoms. The number of hydrogen-bond donors (Lipinski definition) is 1. The number of nitrogens with zero attached hydrogens (tertiary/aromatic N) is 3. The van der Waals surface area contributed by atoms with Gasteiger partial charge < -0.3 is 10.2 Å². The van der Waals surface area contributed by atoms with E-state index in [4.69, 9.17) is 4.98 Å². The Kier molecular flexibility index (Phi) is 6.20. The molecule has 0 spiro atoms. The summed E-state index contributed by atoms with van der Waals surface area (Å²) in [4.78, 5) is 19.8. The van der Waals surface area contributed by atoms with Crippen LogP contribution in [0.1, 0.15) is 42.8 Å². The van der Waals surface area contributed by atoms with Gasteiger partial charge in [-0.2, -0.15) is 4.37 Å². The third kappa shape index (κ3) is 5.01. The van der Waals surface area contributed by atoms with Crippen LogP contribution in [0.15, 0.2) is 60.7 Å². The number of benzene rings is 2. The predicted molar refractivity (Wildman–Crippen MR) is 117 cm³/mol. The maximum absolute atomic E-state index is 12.8. The summed E-state index contributed by atoms with van der Waals surface area (Å²) in [5, 5.41) is 4.10. The van der Waals surface area contributed by atoms with Gasteiger partial charge in [-0.3, -0.25) is 4.79 Å². The molecule has 1 N–H and O–H groups in total. The Morgan fingerprint density at radius 3 is 2.66 bits per heavy atom. The van der Waals surface area contributed by atoms with Gasteiger partial charge >= 0.3 is 0 Å². The lowest BCUT2D eigenvalue weighted by Crippen LogP contribution is -2.43. The van der Waals surface area contributed by atoms with Crippen LogP contribution >= 0.6 is 11.5 Å². The van der Waals surface area contributed by atoms with Crippen LogP contribution in [-0.4, -0.2) is 28.4 Å². The fourth-order valence-electron chi connectivity index (χ4n) is 3.74. The standard InChI is InChI=1S/C23H26N4OS/c1-17(19-11-6-3-7-12-19)24-22(28)20-13-8-14-27(16-20)23-25-21(26-29-23)15-18-9-4-2-5-10-18/h2-7,9-12,17,20H,8,13-16H2,1H3,(H,24,28). The molecule has 1 amide bonds. The van der Waals surface area contributed by atoms with Crippen LogP contribution in [0.3, 0.4) is 0 Å². The van der Waals surface area contributed by atoms with E-state index in [1.165, 1.54) is 17.1 Å². The van der Waals surface area contributed by atoms with Crippen molar-refractivity contribution in [2.24, 2.45) is 5.92 Å². The topological polar surface area (TPSA) is 58.1 Å². The molecular weight excluding hydrogens is 380 g/mol. The molecule has 1 aromatic heterocycles. The van der Waals surface area contributed by atoms with Crippen molar-refractivity contribution in [2.45, 2.75) is 32.2 Å². The molecule has 1 aliphatic heterocycles. The Balaban J connectivity index is 1.36. The van der Waals surface area contributed by atoms with Crippen LogP contribution in [0, 0.1) is 5.92 Å². The molecule has 29 heavy (non-hydrogen) atoms. The van der Waals surface area contributed by atoms with Gasteiger partial charge in [0.05, 0.1) is 12.0 Å². The normalized spacial score (nSPS) is 17.7. The van der Waals surface area contributed by atoms with E-state index < -0.39 is 0 Å². The molecule has 1 saturated heterocycles. The van der Waals surface area contributed by atoms with Crippen molar-refractivity contribution in [3.8, 4) is 0 Å². The number of anilines is 1. The summed E-state index contributed by atoms with van der Waals surface area (Å²) in [6.45, 7) is 3.67. The largest absolute Gasteiger partial charge is 0.349 e. The number of carbonyl (C=O) groups excluding carboxylic acids is 1. The van der Waals surface area contributed by atoms with Gasteiger partial charge in [0, 0.05) is 31.0 Å². The number of rotatable bonds is 6. The van der Waals surface area contributed by atoms with Crippen molar-refractivity contribution < 1.29 is 4.79 Å². The van der Waals surface area contributed by atoms with Gasteiger partial charge in [-0.05, 0) is 30.9 Å². The summed E-state index contributed by atoms with van der Waals surface area (Å²) in [6.07, 6.45) is 2.65. The minimum absolute atomic E-state index is 0.0121. The molecule has 4 rings (SSSR count). The summed E-state index contributed by atoms with van der Waals surface area (Å²) in [5.74, 6) is 0.955. The zero-order valence-corrected chi connectivity index (χ0v) is 17.4. The van der Waals surface area contributed by atoms with Crippen molar-refractivity contribution in [1.29, 1.82) is 0 Å². The molecule has 0 aliphatic carbocycles. The van der Waals surface area contributed by atoms with E-state index in [0.29, 0.717) is 6.54 Å². The zero-order chi connectivity index (χ0) is 20.1. The first-order valence-corrected chi connectivity index (χ1v) is 10.9. The first-order chi connectivity index (χ1) is 14.2. The van der Waals surface area contributed by atoms with Crippen molar-refractivity contribution in [3.05, 3.63) is 77.6 Å². The van der Waals surface area contributed by atoms with Gasteiger partial charge in [0.25, 0.3) is 0 Å². The van der Waals surface area contributed by atoms with Gasteiger partial charge in [0.2, 0.25) is 11.0 Å². The van der Waals surface area contributed by atoms with E-state index in [1.54, 1.807) is 0 Å². The van der Waals surface area contributed by atoms with Crippen molar-refractivity contribution in [1.82, 2.24) is 14.7 Å². The first-order valence-electron chi connectivity index (χ1n) is 10.2. The van der Waals surface area contributed by atoms with Crippen LogP contribution in [0.2, 0.25) is 0 Å². The van der Waals surface area contributed by atoms with Crippen molar-refractivity contribution >= 4 is 22.6 Å². The second-order valence-corrected chi connectivity index (χ2v) is 8.31. The second kappa shape index (κ2) is 9.18. The molecular formula is C23H26N4OS. The number of hydrogen-bond acceptors (Lipinski definition) is 5. The molecule has 6 heteroatoms. The van der Waals surface area contributed by atoms with E-state index in [2.05, 4.69) is 26.7 Å². The Hall–Kier alpha value is -2.73. The molecule has 2 heterocycles. The highest BCUT2D eigenvalue weighted by atomic mass is 32.1. The lowest BCUT2D eigenvalue weighted by Gasteiger charge is -2.32. The van der Waals surface area contributed by atoms with E-state index >= 15 is 0 Å². The van der Waals surface area contributed by atoms with Crippen LogP contribution in [0.25, 0.3) is 0 Å². The Bertz CT molecular complexity index is 928. The third-order valence-corrected chi connectivity index (χ3v) is 6.20. The highest BCUT2D eigenvalue weighted by Crippen LogP contribution is 2.26. The van der Waals surface area contributed by atoms with Crippen LogP contribution in [0.5, 0.6) is 0 Å². The highest BCUT2D eigenvalue weighted by molar-refractivity contribution is 7.09. The quantitative estimate of drug-likeness (QED) is 0.666. The Labute approximate surface area is 176 Å². The van der Waals surface area contributed by atoms with Crippen LogP contribution < -0.4 is 10.2 Å². The van der Waals surface area contributed by atoms with Gasteiger partial charge in [0.1, 0.15) is 5.82 Å². The lowest BCUT2D eigenvalue weighted by atomic mass is 9.96.